The highest BCUT2D eigenvalue weighted by atomic mass is 16.5. The Bertz CT molecular complexity index is 717. The van der Waals surface area contributed by atoms with E-state index >= 15 is 0 Å². The molecule has 134 valence electrons. The highest BCUT2D eigenvalue weighted by Crippen LogP contribution is 2.49. The van der Waals surface area contributed by atoms with E-state index in [1.807, 2.05) is 13.2 Å². The number of nitrogens with zero attached hydrogens (tertiary/aromatic N) is 2. The lowest BCUT2D eigenvalue weighted by atomic mass is 9.63. The number of anilines is 1. The number of nitrogens with one attached hydrogen (secondary N) is 2. The van der Waals surface area contributed by atoms with Crippen molar-refractivity contribution in [3.63, 3.8) is 0 Å². The van der Waals surface area contributed by atoms with E-state index in [2.05, 4.69) is 15.7 Å². The fourth-order valence-corrected chi connectivity index (χ4v) is 3.32. The van der Waals surface area contributed by atoms with Crippen molar-refractivity contribution in [3.8, 4) is 5.75 Å². The smallest absolute Gasteiger partial charge is 0.319 e. The molecule has 1 aliphatic rings. The Kier molecular flexibility index (Phi) is 4.94. The average Bonchev–Trinajstić information content (AvgIpc) is 3.00. The standard InChI is InChI=1S/C18H24N4O3/c1-22-11-13(10-19-22)16(18(12-23)8-3-9-18)21-17(24)20-14-4-6-15(25-2)7-5-14/h4-7,10-11,16,23H,3,8-9,12H2,1-2H3,(H2,20,21,24). The van der Waals surface area contributed by atoms with Crippen LogP contribution in [0.1, 0.15) is 30.9 Å². The molecule has 0 spiro atoms. The summed E-state index contributed by atoms with van der Waals surface area (Å²) in [5, 5.41) is 20.0. The van der Waals surface area contributed by atoms with Gasteiger partial charge in [0.1, 0.15) is 5.75 Å². The zero-order valence-electron chi connectivity index (χ0n) is 14.5. The number of aromatic nitrogens is 2. The van der Waals surface area contributed by atoms with E-state index in [-0.39, 0.29) is 24.1 Å². The van der Waals surface area contributed by atoms with Gasteiger partial charge in [0.25, 0.3) is 0 Å². The Labute approximate surface area is 147 Å². The lowest BCUT2D eigenvalue weighted by Gasteiger charge is -2.46. The zero-order chi connectivity index (χ0) is 17.9. The van der Waals surface area contributed by atoms with E-state index in [0.717, 1.165) is 30.6 Å². The van der Waals surface area contributed by atoms with Crippen molar-refractivity contribution in [1.29, 1.82) is 0 Å². The van der Waals surface area contributed by atoms with Crippen LogP contribution in [0.25, 0.3) is 0 Å². The van der Waals surface area contributed by atoms with Gasteiger partial charge in [-0.25, -0.2) is 4.79 Å². The number of ether oxygens (including phenoxy) is 1. The van der Waals surface area contributed by atoms with Gasteiger partial charge in [-0.15, -0.1) is 0 Å². The topological polar surface area (TPSA) is 88.4 Å². The molecular formula is C18H24N4O3. The van der Waals surface area contributed by atoms with Crippen molar-refractivity contribution in [2.45, 2.75) is 25.3 Å². The molecule has 7 nitrogen and oxygen atoms in total. The molecule has 1 aromatic carbocycles. The van der Waals surface area contributed by atoms with E-state index in [1.165, 1.54) is 0 Å². The second-order valence-electron chi connectivity index (χ2n) is 6.58. The molecule has 0 radical (unpaired) electrons. The second-order valence-corrected chi connectivity index (χ2v) is 6.58. The zero-order valence-corrected chi connectivity index (χ0v) is 14.5. The Morgan fingerprint density at radius 2 is 2.12 bits per heavy atom. The fourth-order valence-electron chi connectivity index (χ4n) is 3.32. The average molecular weight is 344 g/mol. The third kappa shape index (κ3) is 3.61. The number of methoxy groups -OCH3 is 1. The Morgan fingerprint density at radius 3 is 2.60 bits per heavy atom. The third-order valence-electron chi connectivity index (χ3n) is 4.96. The number of hydrogen-bond donors (Lipinski definition) is 3. The molecule has 1 aliphatic carbocycles. The van der Waals surface area contributed by atoms with Crippen LogP contribution < -0.4 is 15.4 Å². The lowest BCUT2D eigenvalue weighted by molar-refractivity contribution is 0.00967. The van der Waals surface area contributed by atoms with Crippen LogP contribution in [0.15, 0.2) is 36.7 Å². The molecule has 1 unspecified atom stereocenters. The molecule has 0 saturated heterocycles. The maximum Gasteiger partial charge on any atom is 0.319 e. The van der Waals surface area contributed by atoms with E-state index in [0.29, 0.717) is 5.69 Å². The number of benzene rings is 1. The van der Waals surface area contributed by atoms with Gasteiger partial charge in [-0.2, -0.15) is 5.10 Å². The Morgan fingerprint density at radius 1 is 1.40 bits per heavy atom. The summed E-state index contributed by atoms with van der Waals surface area (Å²) in [6.45, 7) is 0.0371. The Balaban J connectivity index is 1.74. The molecule has 3 N–H and O–H groups in total. The van der Waals surface area contributed by atoms with E-state index in [4.69, 9.17) is 4.74 Å². The molecule has 25 heavy (non-hydrogen) atoms. The number of urea groups is 1. The van der Waals surface area contributed by atoms with Crippen LogP contribution in [0.5, 0.6) is 5.75 Å². The molecule has 1 atom stereocenters. The minimum Gasteiger partial charge on any atom is -0.497 e. The monoisotopic (exact) mass is 344 g/mol. The highest BCUT2D eigenvalue weighted by Gasteiger charge is 2.45. The summed E-state index contributed by atoms with van der Waals surface area (Å²) in [4.78, 5) is 12.5. The summed E-state index contributed by atoms with van der Waals surface area (Å²) in [6, 6.07) is 6.55. The lowest BCUT2D eigenvalue weighted by Crippen LogP contribution is -2.48. The van der Waals surface area contributed by atoms with Gasteiger partial charge in [-0.05, 0) is 37.1 Å². The van der Waals surface area contributed by atoms with Gasteiger partial charge in [0.15, 0.2) is 0 Å². The summed E-state index contributed by atoms with van der Waals surface area (Å²) in [7, 11) is 3.44. The largest absolute Gasteiger partial charge is 0.497 e. The van der Waals surface area contributed by atoms with Gasteiger partial charge in [0.2, 0.25) is 0 Å². The Hall–Kier alpha value is -2.54. The molecular weight excluding hydrogens is 320 g/mol. The highest BCUT2D eigenvalue weighted by molar-refractivity contribution is 5.89. The molecule has 2 aromatic rings. The van der Waals surface area contributed by atoms with Gasteiger partial charge in [0.05, 0.1) is 26.0 Å². The summed E-state index contributed by atoms with van der Waals surface area (Å²) >= 11 is 0. The van der Waals surface area contributed by atoms with E-state index in [9.17, 15) is 9.90 Å². The molecule has 0 aliphatic heterocycles. The molecule has 1 fully saturated rings. The van der Waals surface area contributed by atoms with Crippen LogP contribution >= 0.6 is 0 Å². The summed E-state index contributed by atoms with van der Waals surface area (Å²) in [5.41, 5.74) is 1.26. The van der Waals surface area contributed by atoms with Crippen LogP contribution in [0.3, 0.4) is 0 Å². The number of amides is 2. The summed E-state index contributed by atoms with van der Waals surface area (Å²) < 4.78 is 6.82. The molecule has 0 bridgehead atoms. The first-order chi connectivity index (χ1) is 12.1. The minimum absolute atomic E-state index is 0.0371. The van der Waals surface area contributed by atoms with E-state index in [1.54, 1.807) is 42.3 Å². The number of aliphatic hydroxyl groups excluding tert-OH is 1. The SMILES string of the molecule is COc1ccc(NC(=O)NC(c2cnn(C)c2)C2(CO)CCC2)cc1. The number of hydrogen-bond acceptors (Lipinski definition) is 4. The summed E-state index contributed by atoms with van der Waals surface area (Å²) in [6.07, 6.45) is 6.44. The number of carbonyl (C=O) groups excluding carboxylic acids is 1. The van der Waals surface area contributed by atoms with Crippen LogP contribution in [-0.4, -0.2) is 34.6 Å². The number of rotatable bonds is 6. The fraction of sp³-hybridized carbons (Fsp3) is 0.444. The van der Waals surface area contributed by atoms with Gasteiger partial charge in [0, 0.05) is 29.9 Å². The van der Waals surface area contributed by atoms with Crippen molar-refractivity contribution in [2.75, 3.05) is 19.0 Å². The van der Waals surface area contributed by atoms with Gasteiger partial charge < -0.3 is 20.5 Å². The second kappa shape index (κ2) is 7.14. The third-order valence-corrected chi connectivity index (χ3v) is 4.96. The minimum atomic E-state index is -0.319. The normalized spacial score (nSPS) is 16.6. The number of aryl methyl sites for hydroxylation is 1. The van der Waals surface area contributed by atoms with Crippen molar-refractivity contribution >= 4 is 11.7 Å². The predicted octanol–water partition coefficient (Wildman–Crippen LogP) is 2.45. The van der Waals surface area contributed by atoms with Gasteiger partial charge in [-0.3, -0.25) is 4.68 Å². The maximum atomic E-state index is 12.5. The summed E-state index contributed by atoms with van der Waals surface area (Å²) in [5.74, 6) is 0.730. The van der Waals surface area contributed by atoms with Crippen molar-refractivity contribution in [3.05, 3.63) is 42.2 Å². The van der Waals surface area contributed by atoms with Crippen LogP contribution in [0.4, 0.5) is 10.5 Å². The molecule has 3 rings (SSSR count). The first-order valence-corrected chi connectivity index (χ1v) is 8.37. The first kappa shape index (κ1) is 17.3. The van der Waals surface area contributed by atoms with Crippen LogP contribution in [0.2, 0.25) is 0 Å². The molecule has 7 heteroatoms. The predicted molar refractivity (Wildman–Crippen MR) is 94.5 cm³/mol. The van der Waals surface area contributed by atoms with Crippen LogP contribution in [0, 0.1) is 5.41 Å². The van der Waals surface area contributed by atoms with Crippen molar-refractivity contribution in [2.24, 2.45) is 12.5 Å². The van der Waals surface area contributed by atoms with Gasteiger partial charge >= 0.3 is 6.03 Å². The van der Waals surface area contributed by atoms with Crippen molar-refractivity contribution in [1.82, 2.24) is 15.1 Å². The quantitative estimate of drug-likeness (QED) is 0.751. The number of carbonyl (C=O) groups is 1. The van der Waals surface area contributed by atoms with Gasteiger partial charge in [-0.1, -0.05) is 6.42 Å². The van der Waals surface area contributed by atoms with Crippen molar-refractivity contribution < 1.29 is 14.6 Å². The molecule has 1 saturated carbocycles. The maximum absolute atomic E-state index is 12.5. The molecule has 2 amide bonds. The molecule has 1 aromatic heterocycles. The first-order valence-electron chi connectivity index (χ1n) is 8.37. The molecule has 1 heterocycles. The van der Waals surface area contributed by atoms with E-state index < -0.39 is 0 Å². The van der Waals surface area contributed by atoms with Crippen LogP contribution in [-0.2, 0) is 7.05 Å². The number of aliphatic hydroxyl groups is 1.